The number of anilines is 1. The number of rotatable bonds is 2. The fraction of sp³-hybridized carbons (Fsp3) is 0. The maximum atomic E-state index is 11.4. The number of nitrogens with one attached hydrogen (secondary N) is 1. The number of primary amides is 1. The Balaban J connectivity index is 2.46. The highest BCUT2D eigenvalue weighted by molar-refractivity contribution is 6.18. The van der Waals surface area contributed by atoms with Gasteiger partial charge in [0.2, 0.25) is 0 Å². The number of carbonyl (C=O) groups is 2. The van der Waals surface area contributed by atoms with Gasteiger partial charge in [-0.1, -0.05) is 6.07 Å². The number of carboxylic acids is 1. The van der Waals surface area contributed by atoms with E-state index in [1.54, 1.807) is 6.07 Å². The van der Waals surface area contributed by atoms with Crippen molar-refractivity contribution in [2.24, 2.45) is 5.73 Å². The minimum Gasteiger partial charge on any atom is -0.478 e. The molecule has 0 aliphatic rings. The van der Waals surface area contributed by atoms with Gasteiger partial charge in [-0.15, -0.1) is 0 Å². The average Bonchev–Trinajstić information content (AvgIpc) is 2.77. The van der Waals surface area contributed by atoms with Gasteiger partial charge in [0.1, 0.15) is 5.82 Å². The molecule has 0 saturated carbocycles. The van der Waals surface area contributed by atoms with Crippen molar-refractivity contribution in [3.8, 4) is 0 Å². The number of amides is 1. The molecule has 0 unspecified atom stereocenters. The van der Waals surface area contributed by atoms with Gasteiger partial charge in [0.25, 0.3) is 5.91 Å². The molecule has 7 nitrogen and oxygen atoms in total. The zero-order valence-corrected chi connectivity index (χ0v) is 10.2. The Labute approximate surface area is 112 Å². The number of carbonyl (C=O) groups excluding carboxylic acids is 1. The smallest absolute Gasteiger partial charge is 0.335 e. The molecule has 0 radical (unpaired) electrons. The molecule has 1 amide bonds. The number of aromatic carboxylic acids is 1. The third kappa shape index (κ3) is 1.57. The van der Waals surface area contributed by atoms with Gasteiger partial charge < -0.3 is 21.6 Å². The fourth-order valence-electron chi connectivity index (χ4n) is 2.25. The summed E-state index contributed by atoms with van der Waals surface area (Å²) in [5.74, 6) is -1.42. The van der Waals surface area contributed by atoms with E-state index in [2.05, 4.69) is 9.97 Å². The van der Waals surface area contributed by atoms with E-state index in [1.165, 1.54) is 18.3 Å². The molecule has 0 atom stereocenters. The molecule has 6 N–H and O–H groups in total. The number of pyridine rings is 1. The lowest BCUT2D eigenvalue weighted by atomic mass is 10.1. The van der Waals surface area contributed by atoms with Gasteiger partial charge in [0.05, 0.1) is 22.0 Å². The molecule has 100 valence electrons. The molecule has 3 aromatic rings. The zero-order chi connectivity index (χ0) is 14.4. The third-order valence-electron chi connectivity index (χ3n) is 3.17. The number of aromatic nitrogens is 2. The molecule has 0 spiro atoms. The third-order valence-corrected chi connectivity index (χ3v) is 3.17. The lowest BCUT2D eigenvalue weighted by Gasteiger charge is -2.00. The summed E-state index contributed by atoms with van der Waals surface area (Å²) in [6, 6.07) is 4.57. The summed E-state index contributed by atoms with van der Waals surface area (Å²) in [5, 5.41) is 10.2. The number of hydrogen-bond acceptors (Lipinski definition) is 4. The van der Waals surface area contributed by atoms with Crippen molar-refractivity contribution < 1.29 is 14.7 Å². The van der Waals surface area contributed by atoms with Crippen LogP contribution in [0.15, 0.2) is 24.4 Å². The molecule has 0 bridgehead atoms. The minimum absolute atomic E-state index is 0.135. The van der Waals surface area contributed by atoms with Gasteiger partial charge >= 0.3 is 5.97 Å². The lowest BCUT2D eigenvalue weighted by molar-refractivity contribution is 0.0696. The molecule has 3 rings (SSSR count). The quantitative estimate of drug-likeness (QED) is 0.552. The number of nitrogens with two attached hydrogens (primary N) is 2. The number of carboxylic acid groups (broad SMARTS) is 1. The van der Waals surface area contributed by atoms with E-state index < -0.39 is 11.9 Å². The maximum absolute atomic E-state index is 11.4. The van der Waals surface area contributed by atoms with Gasteiger partial charge in [-0.3, -0.25) is 4.79 Å². The molecule has 0 saturated heterocycles. The second-order valence-electron chi connectivity index (χ2n) is 4.36. The molecule has 7 heteroatoms. The summed E-state index contributed by atoms with van der Waals surface area (Å²) in [7, 11) is 0. The normalized spacial score (nSPS) is 11.0. The van der Waals surface area contributed by atoms with Gasteiger partial charge in [-0.2, -0.15) is 0 Å². The molecule has 0 aliphatic carbocycles. The molecule has 20 heavy (non-hydrogen) atoms. The van der Waals surface area contributed by atoms with Crippen molar-refractivity contribution in [1.82, 2.24) is 9.97 Å². The molecule has 0 aliphatic heterocycles. The van der Waals surface area contributed by atoms with E-state index in [4.69, 9.17) is 16.6 Å². The van der Waals surface area contributed by atoms with Crippen LogP contribution >= 0.6 is 0 Å². The summed E-state index contributed by atoms with van der Waals surface area (Å²) < 4.78 is 0. The highest BCUT2D eigenvalue weighted by Gasteiger charge is 2.16. The Morgan fingerprint density at radius 3 is 2.70 bits per heavy atom. The Bertz CT molecular complexity index is 882. The first-order valence-electron chi connectivity index (χ1n) is 5.72. The highest BCUT2D eigenvalue weighted by atomic mass is 16.4. The number of benzene rings is 1. The van der Waals surface area contributed by atoms with Crippen LogP contribution in [0.25, 0.3) is 21.8 Å². The number of nitrogen functional groups attached to an aromatic ring is 1. The monoisotopic (exact) mass is 270 g/mol. The largest absolute Gasteiger partial charge is 0.478 e. The molecule has 1 aromatic carbocycles. The van der Waals surface area contributed by atoms with Crippen molar-refractivity contribution in [2.45, 2.75) is 0 Å². The van der Waals surface area contributed by atoms with Crippen LogP contribution in [0.2, 0.25) is 0 Å². The summed E-state index contributed by atoms with van der Waals surface area (Å²) in [4.78, 5) is 29.3. The van der Waals surface area contributed by atoms with E-state index >= 15 is 0 Å². The van der Waals surface area contributed by atoms with Gasteiger partial charge in [-0.25, -0.2) is 9.78 Å². The first kappa shape index (κ1) is 12.0. The maximum Gasteiger partial charge on any atom is 0.335 e. The Morgan fingerprint density at radius 2 is 2.05 bits per heavy atom. The second kappa shape index (κ2) is 3.95. The first-order chi connectivity index (χ1) is 9.49. The van der Waals surface area contributed by atoms with E-state index in [0.29, 0.717) is 21.8 Å². The number of nitrogens with zero attached hydrogens (tertiary/aromatic N) is 1. The highest BCUT2D eigenvalue weighted by Crippen LogP contribution is 2.31. The van der Waals surface area contributed by atoms with E-state index in [0.717, 1.165) is 0 Å². The van der Waals surface area contributed by atoms with Crippen LogP contribution in [0.4, 0.5) is 5.82 Å². The van der Waals surface area contributed by atoms with Crippen LogP contribution in [0.5, 0.6) is 0 Å². The number of fused-ring (bicyclic) bond motifs is 3. The van der Waals surface area contributed by atoms with Crippen LogP contribution < -0.4 is 11.5 Å². The number of H-pyrrole nitrogens is 1. The van der Waals surface area contributed by atoms with Crippen LogP contribution in [0.3, 0.4) is 0 Å². The molecular weight excluding hydrogens is 260 g/mol. The fourth-order valence-corrected chi connectivity index (χ4v) is 2.25. The van der Waals surface area contributed by atoms with E-state index in [1.807, 2.05) is 0 Å². The summed E-state index contributed by atoms with van der Waals surface area (Å²) >= 11 is 0. The van der Waals surface area contributed by atoms with Crippen LogP contribution in [-0.4, -0.2) is 27.0 Å². The van der Waals surface area contributed by atoms with Gasteiger partial charge in [0, 0.05) is 17.1 Å². The predicted octanol–water partition coefficient (Wildman–Crippen LogP) is 1.10. The van der Waals surface area contributed by atoms with E-state index in [9.17, 15) is 9.59 Å². The van der Waals surface area contributed by atoms with Gasteiger partial charge in [-0.05, 0) is 12.1 Å². The second-order valence-corrected chi connectivity index (χ2v) is 4.36. The summed E-state index contributed by atoms with van der Waals surface area (Å²) in [6.45, 7) is 0. The molecule has 0 fully saturated rings. The number of aromatic amines is 1. The van der Waals surface area contributed by atoms with Crippen LogP contribution in [-0.2, 0) is 0 Å². The summed E-state index contributed by atoms with van der Waals surface area (Å²) in [6.07, 6.45) is 1.30. The lowest BCUT2D eigenvalue weighted by Crippen LogP contribution is -2.12. The average molecular weight is 270 g/mol. The predicted molar refractivity (Wildman–Crippen MR) is 73.5 cm³/mol. The molecule has 2 aromatic heterocycles. The SMILES string of the molecule is NC(=O)c1cnc(N)c2c1[nH]c1cc(C(=O)O)ccc12. The van der Waals surface area contributed by atoms with Crippen molar-refractivity contribution in [2.75, 3.05) is 5.73 Å². The Kier molecular flexibility index (Phi) is 2.37. The van der Waals surface area contributed by atoms with Crippen molar-refractivity contribution in [1.29, 1.82) is 0 Å². The summed E-state index contributed by atoms with van der Waals surface area (Å²) in [5.41, 5.74) is 12.5. The molecule has 2 heterocycles. The van der Waals surface area contributed by atoms with Crippen molar-refractivity contribution in [3.05, 3.63) is 35.5 Å². The van der Waals surface area contributed by atoms with E-state index in [-0.39, 0.29) is 16.9 Å². The molecular formula is C13H10N4O3. The Morgan fingerprint density at radius 1 is 1.30 bits per heavy atom. The van der Waals surface area contributed by atoms with Crippen LogP contribution in [0.1, 0.15) is 20.7 Å². The minimum atomic E-state index is -1.04. The first-order valence-corrected chi connectivity index (χ1v) is 5.72. The van der Waals surface area contributed by atoms with Crippen LogP contribution in [0, 0.1) is 0 Å². The van der Waals surface area contributed by atoms with Crippen molar-refractivity contribution >= 4 is 39.5 Å². The van der Waals surface area contributed by atoms with Gasteiger partial charge in [0.15, 0.2) is 0 Å². The standard InChI is InChI=1S/C13H10N4O3/c14-11-9-6-2-1-5(13(19)20)3-8(6)17-10(9)7(4-16-11)12(15)18/h1-4,17H,(H2,14,16)(H2,15,18)(H,19,20). The van der Waals surface area contributed by atoms with Crippen molar-refractivity contribution in [3.63, 3.8) is 0 Å². The zero-order valence-electron chi connectivity index (χ0n) is 10.2. The Hall–Kier alpha value is -3.09. The topological polar surface area (TPSA) is 135 Å². The number of hydrogen-bond donors (Lipinski definition) is 4.